The van der Waals surface area contributed by atoms with E-state index >= 15 is 0 Å². The summed E-state index contributed by atoms with van der Waals surface area (Å²) in [6, 6.07) is 13.0. The summed E-state index contributed by atoms with van der Waals surface area (Å²) >= 11 is 0. The first-order valence-electron chi connectivity index (χ1n) is 6.75. The van der Waals surface area contributed by atoms with Crippen LogP contribution in [0.4, 0.5) is 4.39 Å². The number of aliphatic imine (C=N–C) groups is 1. The van der Waals surface area contributed by atoms with Crippen molar-refractivity contribution in [2.45, 2.75) is 18.2 Å². The molecule has 2 aromatic rings. The quantitative estimate of drug-likeness (QED) is 0.797. The van der Waals surface area contributed by atoms with Crippen molar-refractivity contribution in [3.05, 3.63) is 48.0 Å². The van der Waals surface area contributed by atoms with Crippen molar-refractivity contribution >= 4 is 22.6 Å². The molecule has 5 heteroatoms. The second-order valence-corrected chi connectivity index (χ2v) is 5.20. The van der Waals surface area contributed by atoms with Gasteiger partial charge < -0.3 is 9.47 Å². The topological polar surface area (TPSA) is 47.9 Å². The molecule has 0 unspecified atom stereocenters. The molecule has 21 heavy (non-hydrogen) atoms. The molecule has 0 aromatic heterocycles. The van der Waals surface area contributed by atoms with Crippen LogP contribution < -0.4 is 0 Å². The number of rotatable bonds is 2. The first-order valence-corrected chi connectivity index (χ1v) is 6.75. The summed E-state index contributed by atoms with van der Waals surface area (Å²) in [5.74, 6) is -1.70. The Labute approximate surface area is 120 Å². The van der Waals surface area contributed by atoms with Crippen LogP contribution in [0.25, 0.3) is 10.8 Å². The molecule has 0 aliphatic carbocycles. The van der Waals surface area contributed by atoms with Gasteiger partial charge in [-0.2, -0.15) is 0 Å². The Morgan fingerprint density at radius 1 is 1.19 bits per heavy atom. The average molecular weight is 285 g/mol. The van der Waals surface area contributed by atoms with Gasteiger partial charge in [-0.25, -0.2) is 9.38 Å². The van der Waals surface area contributed by atoms with E-state index in [0.29, 0.717) is 5.90 Å². The Balaban J connectivity index is 1.81. The normalized spacial score (nSPS) is 27.2. The van der Waals surface area contributed by atoms with E-state index in [0.717, 1.165) is 16.3 Å². The maximum Gasteiger partial charge on any atom is 0.311 e. The van der Waals surface area contributed by atoms with Crippen LogP contribution in [0.5, 0.6) is 0 Å². The summed E-state index contributed by atoms with van der Waals surface area (Å²) in [5.41, 5.74) is 0.784. The smallest absolute Gasteiger partial charge is 0.311 e. The minimum Gasteiger partial charge on any atom is -0.430 e. The molecule has 0 bridgehead atoms. The van der Waals surface area contributed by atoms with E-state index in [9.17, 15) is 9.18 Å². The van der Waals surface area contributed by atoms with Crippen LogP contribution in [-0.2, 0) is 14.3 Å². The Kier molecular flexibility index (Phi) is 2.51. The molecular weight excluding hydrogens is 273 g/mol. The molecular formula is C16H12FNO3. The lowest BCUT2D eigenvalue weighted by atomic mass is 10.0. The molecule has 4 nitrogen and oxygen atoms in total. The molecule has 2 heterocycles. The van der Waals surface area contributed by atoms with Gasteiger partial charge in [-0.15, -0.1) is 0 Å². The molecule has 0 saturated carbocycles. The first-order chi connectivity index (χ1) is 10.2. The largest absolute Gasteiger partial charge is 0.430 e. The van der Waals surface area contributed by atoms with Crippen LogP contribution in [0.2, 0.25) is 0 Å². The number of benzene rings is 2. The van der Waals surface area contributed by atoms with Gasteiger partial charge in [0.2, 0.25) is 5.90 Å². The van der Waals surface area contributed by atoms with Crippen LogP contribution >= 0.6 is 0 Å². The van der Waals surface area contributed by atoms with Crippen molar-refractivity contribution < 1.29 is 18.7 Å². The van der Waals surface area contributed by atoms with Crippen molar-refractivity contribution in [3.63, 3.8) is 0 Å². The summed E-state index contributed by atoms with van der Waals surface area (Å²) in [5, 5.41) is 2.02. The Hall–Kier alpha value is -2.43. The zero-order valence-electron chi connectivity index (χ0n) is 11.1. The fourth-order valence-electron chi connectivity index (χ4n) is 2.86. The monoisotopic (exact) mass is 285 g/mol. The van der Waals surface area contributed by atoms with Gasteiger partial charge in [-0.3, -0.25) is 4.79 Å². The van der Waals surface area contributed by atoms with Gasteiger partial charge in [-0.05, 0) is 16.8 Å². The molecule has 0 N–H and O–H groups in total. The molecule has 1 saturated heterocycles. The molecule has 0 spiro atoms. The Morgan fingerprint density at radius 2 is 2.00 bits per heavy atom. The van der Waals surface area contributed by atoms with Crippen molar-refractivity contribution in [2.75, 3.05) is 6.67 Å². The standard InChI is InChI=1S/C16H12FNO3/c17-9-16-13(8-14(19)20-16)18-15(21-16)12-7-3-5-10-4-1-2-6-11(10)12/h1-7,13H,8-9H2/t13-,16-/m1/s1. The lowest BCUT2D eigenvalue weighted by molar-refractivity contribution is -0.184. The number of ether oxygens (including phenoxy) is 2. The van der Waals surface area contributed by atoms with E-state index in [1.54, 1.807) is 0 Å². The summed E-state index contributed by atoms with van der Waals surface area (Å²) in [6.07, 6.45) is 0.0538. The van der Waals surface area contributed by atoms with Crippen LogP contribution in [0.15, 0.2) is 47.5 Å². The molecule has 2 aromatic carbocycles. The lowest BCUT2D eigenvalue weighted by Crippen LogP contribution is -2.40. The Morgan fingerprint density at radius 3 is 2.81 bits per heavy atom. The molecule has 2 aliphatic rings. The third kappa shape index (κ3) is 1.73. The predicted molar refractivity (Wildman–Crippen MR) is 74.8 cm³/mol. The minimum absolute atomic E-state index is 0.0538. The van der Waals surface area contributed by atoms with Crippen LogP contribution in [0.1, 0.15) is 12.0 Å². The van der Waals surface area contributed by atoms with Gasteiger partial charge in [0, 0.05) is 5.56 Å². The summed E-state index contributed by atoms with van der Waals surface area (Å²) in [4.78, 5) is 15.7. The summed E-state index contributed by atoms with van der Waals surface area (Å²) < 4.78 is 24.0. The number of nitrogens with zero attached hydrogens (tertiary/aromatic N) is 1. The van der Waals surface area contributed by atoms with Crippen LogP contribution in [0.3, 0.4) is 0 Å². The van der Waals surface area contributed by atoms with Crippen molar-refractivity contribution in [2.24, 2.45) is 4.99 Å². The second kappa shape index (κ2) is 4.28. The second-order valence-electron chi connectivity index (χ2n) is 5.20. The fraction of sp³-hybridized carbons (Fsp3) is 0.250. The van der Waals surface area contributed by atoms with Gasteiger partial charge in [0.1, 0.15) is 6.04 Å². The van der Waals surface area contributed by atoms with Crippen molar-refractivity contribution in [1.82, 2.24) is 0 Å². The zero-order chi connectivity index (χ0) is 14.4. The highest BCUT2D eigenvalue weighted by atomic mass is 19.1. The molecule has 4 rings (SSSR count). The number of carbonyl (C=O) groups is 1. The van der Waals surface area contributed by atoms with E-state index in [2.05, 4.69) is 4.99 Å². The molecule has 2 aliphatic heterocycles. The molecule has 0 radical (unpaired) electrons. The number of hydrogen-bond acceptors (Lipinski definition) is 4. The number of halogens is 1. The van der Waals surface area contributed by atoms with Gasteiger partial charge in [0.05, 0.1) is 6.42 Å². The highest BCUT2D eigenvalue weighted by molar-refractivity contribution is 6.08. The number of carbonyl (C=O) groups excluding carboxylic acids is 1. The van der Waals surface area contributed by atoms with Gasteiger partial charge in [-0.1, -0.05) is 36.4 Å². The van der Waals surface area contributed by atoms with E-state index < -0.39 is 24.5 Å². The Bertz CT molecular complexity index is 768. The first kappa shape index (κ1) is 12.3. The number of fused-ring (bicyclic) bond motifs is 2. The molecule has 1 fully saturated rings. The van der Waals surface area contributed by atoms with E-state index in [1.807, 2.05) is 42.5 Å². The molecule has 0 amide bonds. The van der Waals surface area contributed by atoms with Crippen molar-refractivity contribution in [3.8, 4) is 0 Å². The molecule has 2 atom stereocenters. The number of esters is 1. The maximum atomic E-state index is 13.3. The summed E-state index contributed by atoms with van der Waals surface area (Å²) in [7, 11) is 0. The average Bonchev–Trinajstić information content (AvgIpc) is 2.99. The van der Waals surface area contributed by atoms with E-state index in [-0.39, 0.29) is 6.42 Å². The van der Waals surface area contributed by atoms with Crippen molar-refractivity contribution in [1.29, 1.82) is 0 Å². The van der Waals surface area contributed by atoms with Gasteiger partial charge in [0.25, 0.3) is 0 Å². The molecule has 106 valence electrons. The maximum absolute atomic E-state index is 13.3. The minimum atomic E-state index is -1.57. The highest BCUT2D eigenvalue weighted by Gasteiger charge is 2.57. The third-order valence-electron chi connectivity index (χ3n) is 3.90. The SMILES string of the molecule is O=C1C[C@H]2N=C(c3cccc4ccccc34)O[C@@]2(CF)O1. The van der Waals surface area contributed by atoms with Crippen LogP contribution in [-0.4, -0.2) is 30.4 Å². The zero-order valence-corrected chi connectivity index (χ0v) is 11.1. The van der Waals surface area contributed by atoms with Gasteiger partial charge in [0.15, 0.2) is 6.67 Å². The number of alkyl halides is 1. The van der Waals surface area contributed by atoms with Gasteiger partial charge >= 0.3 is 11.8 Å². The number of hydrogen-bond donors (Lipinski definition) is 0. The lowest BCUT2D eigenvalue weighted by Gasteiger charge is -2.22. The third-order valence-corrected chi connectivity index (χ3v) is 3.90. The predicted octanol–water partition coefficient (Wildman–Crippen LogP) is 2.60. The van der Waals surface area contributed by atoms with E-state index in [1.165, 1.54) is 0 Å². The fourth-order valence-corrected chi connectivity index (χ4v) is 2.86. The van der Waals surface area contributed by atoms with Crippen LogP contribution in [0, 0.1) is 0 Å². The van der Waals surface area contributed by atoms with E-state index in [4.69, 9.17) is 9.47 Å². The summed E-state index contributed by atoms with van der Waals surface area (Å²) in [6.45, 7) is -0.902. The highest BCUT2D eigenvalue weighted by Crippen LogP contribution is 2.38.